The topological polar surface area (TPSA) is 68.5 Å². The molecule has 27 heavy (non-hydrogen) atoms. The van der Waals surface area contributed by atoms with E-state index in [2.05, 4.69) is 5.32 Å². The van der Waals surface area contributed by atoms with Crippen LogP contribution in [0.25, 0.3) is 0 Å². The number of carbonyl (C=O) groups is 1. The molecule has 0 spiro atoms. The molecule has 0 fully saturated rings. The zero-order valence-electron chi connectivity index (χ0n) is 14.6. The molecule has 7 heteroatoms. The number of nitrogens with one attached hydrogen (secondary N) is 1. The van der Waals surface area contributed by atoms with E-state index in [1.807, 2.05) is 24.3 Å². The van der Waals surface area contributed by atoms with Gasteiger partial charge in [0.1, 0.15) is 11.5 Å². The van der Waals surface area contributed by atoms with Gasteiger partial charge in [0.2, 0.25) is 0 Å². The second-order valence-corrected chi connectivity index (χ2v) is 7.55. The molecule has 1 aromatic heterocycles. The fourth-order valence-electron chi connectivity index (χ4n) is 2.47. The maximum absolute atomic E-state index is 12.4. The van der Waals surface area contributed by atoms with Crippen molar-refractivity contribution in [3.05, 3.63) is 82.8 Å². The Balaban J connectivity index is 1.60. The number of ether oxygens (including phenoxy) is 1. The van der Waals surface area contributed by atoms with Crippen molar-refractivity contribution in [1.29, 1.82) is 0 Å². The van der Waals surface area contributed by atoms with E-state index < -0.39 is 10.8 Å². The Morgan fingerprint density at radius 2 is 1.96 bits per heavy atom. The molecule has 1 N–H and O–H groups in total. The summed E-state index contributed by atoms with van der Waals surface area (Å²) in [5, 5.41) is 3.23. The number of benzene rings is 2. The number of furan rings is 1. The predicted molar refractivity (Wildman–Crippen MR) is 104 cm³/mol. The summed E-state index contributed by atoms with van der Waals surface area (Å²) in [6.07, 6.45) is 0. The highest BCUT2D eigenvalue weighted by molar-refractivity contribution is 7.84. The van der Waals surface area contributed by atoms with Crippen LogP contribution in [0.4, 0.5) is 0 Å². The van der Waals surface area contributed by atoms with Crippen molar-refractivity contribution in [3.8, 4) is 5.75 Å². The van der Waals surface area contributed by atoms with Crippen molar-refractivity contribution >= 4 is 28.3 Å². The van der Waals surface area contributed by atoms with Crippen molar-refractivity contribution in [2.75, 3.05) is 7.11 Å². The molecule has 0 radical (unpaired) electrons. The Kier molecular flexibility index (Phi) is 6.32. The minimum atomic E-state index is -1.35. The number of amides is 1. The van der Waals surface area contributed by atoms with Gasteiger partial charge in [-0.25, -0.2) is 0 Å². The van der Waals surface area contributed by atoms with Crippen LogP contribution in [0, 0.1) is 0 Å². The summed E-state index contributed by atoms with van der Waals surface area (Å²) >= 11 is 6.07. The molecule has 0 bridgehead atoms. The van der Waals surface area contributed by atoms with Crippen molar-refractivity contribution in [1.82, 2.24) is 5.32 Å². The van der Waals surface area contributed by atoms with Gasteiger partial charge in [-0.2, -0.15) is 0 Å². The molecule has 0 aliphatic rings. The lowest BCUT2D eigenvalue weighted by Crippen LogP contribution is -2.22. The first-order valence-electron chi connectivity index (χ1n) is 8.19. The van der Waals surface area contributed by atoms with Gasteiger partial charge in [-0.05, 0) is 42.0 Å². The van der Waals surface area contributed by atoms with Gasteiger partial charge in [-0.3, -0.25) is 9.00 Å². The Morgan fingerprint density at radius 1 is 1.15 bits per heavy atom. The number of hydrogen-bond donors (Lipinski definition) is 1. The molecular weight excluding hydrogens is 386 g/mol. The zero-order valence-corrected chi connectivity index (χ0v) is 16.2. The highest BCUT2D eigenvalue weighted by atomic mass is 35.5. The summed E-state index contributed by atoms with van der Waals surface area (Å²) in [6.45, 7) is 0.345. The minimum Gasteiger partial charge on any atom is -0.497 e. The van der Waals surface area contributed by atoms with E-state index in [0.29, 0.717) is 22.2 Å². The third kappa shape index (κ3) is 4.99. The van der Waals surface area contributed by atoms with Crippen molar-refractivity contribution in [3.63, 3.8) is 0 Å². The first-order valence-corrected chi connectivity index (χ1v) is 9.89. The van der Waals surface area contributed by atoms with Crippen LogP contribution in [0.5, 0.6) is 5.75 Å². The molecule has 2 aromatic carbocycles. The van der Waals surface area contributed by atoms with Gasteiger partial charge in [0.25, 0.3) is 5.91 Å². The van der Waals surface area contributed by atoms with E-state index in [-0.39, 0.29) is 17.4 Å². The number of carbonyl (C=O) groups excluding carboxylic acids is 1. The van der Waals surface area contributed by atoms with Crippen LogP contribution in [0.1, 0.15) is 21.9 Å². The Bertz CT molecular complexity index is 970. The van der Waals surface area contributed by atoms with Crippen LogP contribution in [-0.2, 0) is 23.1 Å². The molecule has 0 saturated carbocycles. The first-order chi connectivity index (χ1) is 13.1. The highest BCUT2D eigenvalue weighted by Crippen LogP contribution is 2.22. The Hall–Kier alpha value is -2.57. The van der Waals surface area contributed by atoms with Gasteiger partial charge in [-0.15, -0.1) is 0 Å². The number of methoxy groups -OCH3 is 1. The molecule has 0 aliphatic heterocycles. The molecule has 5 nitrogen and oxygen atoms in total. The molecule has 0 unspecified atom stereocenters. The summed E-state index contributed by atoms with van der Waals surface area (Å²) in [5.41, 5.74) is 0.911. The van der Waals surface area contributed by atoms with Gasteiger partial charge in [0.15, 0.2) is 5.76 Å². The van der Waals surface area contributed by atoms with E-state index in [4.69, 9.17) is 20.8 Å². The number of halogens is 1. The summed E-state index contributed by atoms with van der Waals surface area (Å²) < 4.78 is 23.1. The zero-order chi connectivity index (χ0) is 19.2. The second-order valence-electron chi connectivity index (χ2n) is 5.72. The average Bonchev–Trinajstić information content (AvgIpc) is 3.15. The lowest BCUT2D eigenvalue weighted by molar-refractivity contribution is 0.0921. The molecule has 0 saturated heterocycles. The average molecular weight is 404 g/mol. The molecule has 1 atom stereocenters. The van der Waals surface area contributed by atoms with Crippen LogP contribution in [0.3, 0.4) is 0 Å². The van der Waals surface area contributed by atoms with Crippen LogP contribution < -0.4 is 10.1 Å². The van der Waals surface area contributed by atoms with Crippen molar-refractivity contribution < 1.29 is 18.2 Å². The quantitative estimate of drug-likeness (QED) is 0.642. The van der Waals surface area contributed by atoms with E-state index in [0.717, 1.165) is 11.3 Å². The van der Waals surface area contributed by atoms with Crippen LogP contribution in [-0.4, -0.2) is 17.2 Å². The number of hydrogen-bond acceptors (Lipinski definition) is 4. The summed E-state index contributed by atoms with van der Waals surface area (Å²) in [6, 6.07) is 17.6. The van der Waals surface area contributed by atoms with Gasteiger partial charge in [0, 0.05) is 6.54 Å². The standard InChI is InChI=1S/C20H18ClNO4S/c1-25-15-6-4-5-14(11-15)12-22-20(23)18-10-9-16(26-18)13-27(24)19-8-3-2-7-17(19)21/h2-11H,12-13H2,1H3,(H,22,23)/t27-/m1/s1. The Labute approximate surface area is 164 Å². The van der Waals surface area contributed by atoms with Crippen molar-refractivity contribution in [2.24, 2.45) is 0 Å². The van der Waals surface area contributed by atoms with Gasteiger partial charge in [-0.1, -0.05) is 35.9 Å². The lowest BCUT2D eigenvalue weighted by atomic mass is 10.2. The van der Waals surface area contributed by atoms with Gasteiger partial charge in [0.05, 0.1) is 33.6 Å². The smallest absolute Gasteiger partial charge is 0.287 e. The van der Waals surface area contributed by atoms with Crippen LogP contribution in [0.15, 0.2) is 70.0 Å². The molecule has 1 heterocycles. The summed E-state index contributed by atoms with van der Waals surface area (Å²) in [5.74, 6) is 1.16. The fourth-order valence-corrected chi connectivity index (χ4v) is 3.94. The maximum Gasteiger partial charge on any atom is 0.287 e. The maximum atomic E-state index is 12.4. The third-order valence-electron chi connectivity index (χ3n) is 3.83. The number of rotatable bonds is 7. The van der Waals surface area contributed by atoms with E-state index in [9.17, 15) is 9.00 Å². The third-order valence-corrected chi connectivity index (χ3v) is 5.66. The first kappa shape index (κ1) is 19.2. The minimum absolute atomic E-state index is 0.146. The van der Waals surface area contributed by atoms with E-state index in [1.54, 1.807) is 43.5 Å². The molecule has 1 amide bonds. The van der Waals surface area contributed by atoms with Crippen molar-refractivity contribution in [2.45, 2.75) is 17.2 Å². The van der Waals surface area contributed by atoms with Gasteiger partial charge >= 0.3 is 0 Å². The molecular formula is C20H18ClNO4S. The molecule has 140 valence electrons. The Morgan fingerprint density at radius 3 is 2.74 bits per heavy atom. The second kappa shape index (κ2) is 8.88. The summed E-state index contributed by atoms with van der Waals surface area (Å²) in [7, 11) is 0.238. The molecule has 3 aromatic rings. The van der Waals surface area contributed by atoms with E-state index in [1.165, 1.54) is 0 Å². The van der Waals surface area contributed by atoms with Crippen LogP contribution >= 0.6 is 11.6 Å². The molecule has 0 aliphatic carbocycles. The SMILES string of the molecule is COc1cccc(CNC(=O)c2ccc(C[S@@](=O)c3ccccc3Cl)o2)c1. The fraction of sp³-hybridized carbons (Fsp3) is 0.150. The normalized spacial score (nSPS) is 11.8. The van der Waals surface area contributed by atoms with Crippen LogP contribution in [0.2, 0.25) is 5.02 Å². The predicted octanol–water partition coefficient (Wildman–Crippen LogP) is 4.18. The highest BCUT2D eigenvalue weighted by Gasteiger charge is 2.15. The monoisotopic (exact) mass is 403 g/mol. The largest absolute Gasteiger partial charge is 0.497 e. The van der Waals surface area contributed by atoms with Gasteiger partial charge < -0.3 is 14.5 Å². The molecule has 3 rings (SSSR count). The summed E-state index contributed by atoms with van der Waals surface area (Å²) in [4.78, 5) is 12.8. The lowest BCUT2D eigenvalue weighted by Gasteiger charge is -2.06. The van der Waals surface area contributed by atoms with E-state index >= 15 is 0 Å².